The van der Waals surface area contributed by atoms with Gasteiger partial charge in [-0.3, -0.25) is 4.79 Å². The summed E-state index contributed by atoms with van der Waals surface area (Å²) < 4.78 is 11.2. The molecule has 6 heteroatoms. The van der Waals surface area contributed by atoms with Gasteiger partial charge in [0.25, 0.3) is 5.91 Å². The van der Waals surface area contributed by atoms with Gasteiger partial charge >= 0.3 is 0 Å². The lowest BCUT2D eigenvalue weighted by Crippen LogP contribution is -3.15. The summed E-state index contributed by atoms with van der Waals surface area (Å²) in [6, 6.07) is 16.3. The van der Waals surface area contributed by atoms with Crippen LogP contribution in [0.15, 0.2) is 53.6 Å². The van der Waals surface area contributed by atoms with E-state index in [1.807, 2.05) is 57.2 Å². The van der Waals surface area contributed by atoms with Crippen molar-refractivity contribution in [2.75, 3.05) is 32.9 Å². The van der Waals surface area contributed by atoms with E-state index in [1.165, 1.54) is 10.5 Å². The Labute approximate surface area is 172 Å². The largest absolute Gasteiger partial charge is 0.483 e. The molecular formula is C23H30N3O3+. The van der Waals surface area contributed by atoms with Crippen molar-refractivity contribution in [3.05, 3.63) is 65.2 Å². The summed E-state index contributed by atoms with van der Waals surface area (Å²) in [4.78, 5) is 13.7. The fourth-order valence-electron chi connectivity index (χ4n) is 3.75. The molecule has 1 aliphatic heterocycles. The van der Waals surface area contributed by atoms with Crippen LogP contribution in [-0.4, -0.2) is 44.5 Å². The van der Waals surface area contributed by atoms with Crippen LogP contribution in [0.2, 0.25) is 0 Å². The maximum absolute atomic E-state index is 12.3. The normalized spacial score (nSPS) is 16.3. The predicted octanol–water partition coefficient (Wildman–Crippen LogP) is 1.83. The lowest BCUT2D eigenvalue weighted by Gasteiger charge is -2.31. The summed E-state index contributed by atoms with van der Waals surface area (Å²) in [6.45, 7) is 9.14. The molecule has 0 spiro atoms. The van der Waals surface area contributed by atoms with Crippen molar-refractivity contribution in [3.8, 4) is 5.75 Å². The van der Waals surface area contributed by atoms with E-state index < -0.39 is 0 Å². The third kappa shape index (κ3) is 5.65. The first-order valence-corrected chi connectivity index (χ1v) is 10.1. The van der Waals surface area contributed by atoms with Crippen LogP contribution in [0.25, 0.3) is 0 Å². The highest BCUT2D eigenvalue weighted by Crippen LogP contribution is 2.22. The van der Waals surface area contributed by atoms with Crippen molar-refractivity contribution in [1.82, 2.24) is 5.43 Å². The highest BCUT2D eigenvalue weighted by Gasteiger charge is 2.29. The van der Waals surface area contributed by atoms with Crippen molar-refractivity contribution in [2.45, 2.75) is 26.8 Å². The van der Waals surface area contributed by atoms with Gasteiger partial charge in [0.2, 0.25) is 0 Å². The number of carbonyl (C=O) groups is 1. The average molecular weight is 397 g/mol. The van der Waals surface area contributed by atoms with E-state index >= 15 is 0 Å². The molecule has 0 unspecified atom stereocenters. The summed E-state index contributed by atoms with van der Waals surface area (Å²) >= 11 is 0. The molecular weight excluding hydrogens is 366 g/mol. The van der Waals surface area contributed by atoms with Gasteiger partial charge < -0.3 is 14.4 Å². The number of hydrazone groups is 1. The summed E-state index contributed by atoms with van der Waals surface area (Å²) in [6.07, 6.45) is 0. The van der Waals surface area contributed by atoms with Crippen molar-refractivity contribution < 1.29 is 19.2 Å². The number of aryl methyl sites for hydroxylation is 2. The molecule has 0 bridgehead atoms. The van der Waals surface area contributed by atoms with Gasteiger partial charge in [0, 0.05) is 5.56 Å². The predicted molar refractivity (Wildman–Crippen MR) is 113 cm³/mol. The van der Waals surface area contributed by atoms with E-state index in [0.29, 0.717) is 0 Å². The van der Waals surface area contributed by atoms with Crippen molar-refractivity contribution in [3.63, 3.8) is 0 Å². The maximum atomic E-state index is 12.3. The molecule has 2 aromatic rings. The third-order valence-electron chi connectivity index (χ3n) is 5.21. The minimum Gasteiger partial charge on any atom is -0.483 e. The van der Waals surface area contributed by atoms with Crippen LogP contribution in [0.3, 0.4) is 0 Å². The number of hydrogen-bond acceptors (Lipinski definition) is 4. The quantitative estimate of drug-likeness (QED) is 0.554. The van der Waals surface area contributed by atoms with Crippen molar-refractivity contribution in [1.29, 1.82) is 0 Å². The number of hydrogen-bond donors (Lipinski definition) is 2. The van der Waals surface area contributed by atoms with E-state index in [1.54, 1.807) is 0 Å². The standard InChI is InChI=1S/C23H29N3O3/c1-17-8-7-9-18(2)23(17)29-16-21(27)25-24-19(3)22(20-10-5-4-6-11-20)26-12-14-28-15-13-26/h4-11,22H,12-16H2,1-3H3,(H,25,27)/p+1/b24-19-/t22-/m0/s1. The summed E-state index contributed by atoms with van der Waals surface area (Å²) in [5.41, 5.74) is 6.74. The minimum absolute atomic E-state index is 0.0666. The number of quaternary nitrogens is 1. The molecule has 1 fully saturated rings. The SMILES string of the molecule is C/C(=N/NC(=O)COc1c(C)cccc1C)[C@@H](c1ccccc1)[NH+]1CCOCC1. The Morgan fingerprint density at radius 3 is 2.41 bits per heavy atom. The fourth-order valence-corrected chi connectivity index (χ4v) is 3.75. The molecule has 29 heavy (non-hydrogen) atoms. The average Bonchev–Trinajstić information content (AvgIpc) is 2.74. The number of morpholine rings is 1. The van der Waals surface area contributed by atoms with E-state index in [0.717, 1.165) is 48.9 Å². The molecule has 1 amide bonds. The Morgan fingerprint density at radius 1 is 1.10 bits per heavy atom. The zero-order chi connectivity index (χ0) is 20.6. The van der Waals surface area contributed by atoms with Gasteiger partial charge in [-0.2, -0.15) is 5.10 Å². The summed E-state index contributed by atoms with van der Waals surface area (Å²) in [7, 11) is 0. The molecule has 6 nitrogen and oxygen atoms in total. The molecule has 0 saturated carbocycles. The second kappa shape index (κ2) is 10.2. The van der Waals surface area contributed by atoms with Gasteiger partial charge in [0.05, 0.1) is 18.9 Å². The fraction of sp³-hybridized carbons (Fsp3) is 0.391. The lowest BCUT2D eigenvalue weighted by molar-refractivity contribution is -0.928. The molecule has 2 N–H and O–H groups in total. The van der Waals surface area contributed by atoms with E-state index in [4.69, 9.17) is 9.47 Å². The highest BCUT2D eigenvalue weighted by atomic mass is 16.5. The molecule has 154 valence electrons. The van der Waals surface area contributed by atoms with Crippen LogP contribution < -0.4 is 15.1 Å². The number of carbonyl (C=O) groups excluding carboxylic acids is 1. The third-order valence-corrected chi connectivity index (χ3v) is 5.21. The second-order valence-electron chi connectivity index (χ2n) is 7.41. The number of rotatable bonds is 7. The first-order valence-electron chi connectivity index (χ1n) is 10.1. The molecule has 1 saturated heterocycles. The monoisotopic (exact) mass is 396 g/mol. The van der Waals surface area contributed by atoms with Crippen molar-refractivity contribution in [2.24, 2.45) is 5.10 Å². The smallest absolute Gasteiger partial charge is 0.277 e. The van der Waals surface area contributed by atoms with Crippen LogP contribution in [-0.2, 0) is 9.53 Å². The number of nitrogens with one attached hydrogen (secondary N) is 2. The van der Waals surface area contributed by atoms with E-state index in [2.05, 4.69) is 22.7 Å². The summed E-state index contributed by atoms with van der Waals surface area (Å²) in [5.74, 6) is 0.485. The van der Waals surface area contributed by atoms with Crippen molar-refractivity contribution >= 4 is 11.6 Å². The topological polar surface area (TPSA) is 64.4 Å². The Morgan fingerprint density at radius 2 is 1.76 bits per heavy atom. The Kier molecular flexibility index (Phi) is 7.38. The zero-order valence-corrected chi connectivity index (χ0v) is 17.4. The van der Waals surface area contributed by atoms with Crippen LogP contribution in [0.5, 0.6) is 5.75 Å². The molecule has 0 radical (unpaired) electrons. The molecule has 1 heterocycles. The first kappa shape index (κ1) is 21.0. The van der Waals surface area contributed by atoms with Crippen LogP contribution in [0.4, 0.5) is 0 Å². The van der Waals surface area contributed by atoms with Crippen LogP contribution in [0.1, 0.15) is 29.7 Å². The lowest BCUT2D eigenvalue weighted by atomic mass is 10.0. The Hall–Kier alpha value is -2.70. The number of nitrogens with zero attached hydrogens (tertiary/aromatic N) is 1. The van der Waals surface area contributed by atoms with E-state index in [-0.39, 0.29) is 18.6 Å². The van der Waals surface area contributed by atoms with Gasteiger partial charge in [0.1, 0.15) is 18.8 Å². The zero-order valence-electron chi connectivity index (χ0n) is 17.4. The Balaban J connectivity index is 1.66. The Bertz CT molecular complexity index is 825. The molecule has 1 atom stereocenters. The minimum atomic E-state index is -0.268. The van der Waals surface area contributed by atoms with Gasteiger partial charge in [0.15, 0.2) is 12.6 Å². The molecule has 0 aliphatic carbocycles. The van der Waals surface area contributed by atoms with Gasteiger partial charge in [-0.1, -0.05) is 48.5 Å². The maximum Gasteiger partial charge on any atom is 0.277 e. The van der Waals surface area contributed by atoms with Gasteiger partial charge in [-0.15, -0.1) is 0 Å². The van der Waals surface area contributed by atoms with Gasteiger partial charge in [-0.05, 0) is 31.9 Å². The van der Waals surface area contributed by atoms with E-state index in [9.17, 15) is 4.79 Å². The number of amides is 1. The number of benzene rings is 2. The van der Waals surface area contributed by atoms with Crippen LogP contribution in [0, 0.1) is 13.8 Å². The molecule has 0 aromatic heterocycles. The van der Waals surface area contributed by atoms with Crippen LogP contribution >= 0.6 is 0 Å². The summed E-state index contributed by atoms with van der Waals surface area (Å²) in [5, 5.41) is 4.41. The molecule has 2 aromatic carbocycles. The second-order valence-corrected chi connectivity index (χ2v) is 7.41. The number of ether oxygens (including phenoxy) is 2. The molecule has 1 aliphatic rings. The van der Waals surface area contributed by atoms with Gasteiger partial charge in [-0.25, -0.2) is 5.43 Å². The molecule has 3 rings (SSSR count). The highest BCUT2D eigenvalue weighted by molar-refractivity contribution is 5.88. The number of para-hydroxylation sites is 1. The first-order chi connectivity index (χ1) is 14.1.